The van der Waals surface area contributed by atoms with Crippen LogP contribution in [-0.4, -0.2) is 12.3 Å². The van der Waals surface area contributed by atoms with Crippen LogP contribution in [0, 0.1) is 0 Å². The van der Waals surface area contributed by atoms with Crippen molar-refractivity contribution in [2.24, 2.45) is 0 Å². The van der Waals surface area contributed by atoms with Crippen molar-refractivity contribution in [2.45, 2.75) is 26.4 Å². The van der Waals surface area contributed by atoms with Gasteiger partial charge in [0.25, 0.3) is 7.37 Å². The standard InChI is InChI=1S/C7H15O3P/c1-6-11(5,8)10-9-7(2,3)4/h6H,1H2,2-5H3. The summed E-state index contributed by atoms with van der Waals surface area (Å²) in [5.74, 6) is 1.26. The fourth-order valence-corrected chi connectivity index (χ4v) is 0.649. The van der Waals surface area contributed by atoms with Crippen LogP contribution in [0.25, 0.3) is 0 Å². The Morgan fingerprint density at radius 3 is 2.18 bits per heavy atom. The van der Waals surface area contributed by atoms with E-state index in [0.29, 0.717) is 0 Å². The molecular formula is C7H15O3P. The first kappa shape index (κ1) is 10.9. The molecule has 0 radical (unpaired) electrons. The van der Waals surface area contributed by atoms with Gasteiger partial charge in [0, 0.05) is 6.66 Å². The van der Waals surface area contributed by atoms with E-state index in [1.807, 2.05) is 20.8 Å². The second-order valence-electron chi connectivity index (χ2n) is 3.36. The summed E-state index contributed by atoms with van der Waals surface area (Å²) < 4.78 is 15.8. The molecule has 1 atom stereocenters. The maximum absolute atomic E-state index is 11.2. The van der Waals surface area contributed by atoms with E-state index in [0.717, 1.165) is 0 Å². The molecule has 0 aromatic carbocycles. The lowest BCUT2D eigenvalue weighted by atomic mass is 10.2. The zero-order valence-electron chi connectivity index (χ0n) is 7.46. The average Bonchev–Trinajstić information content (AvgIpc) is 1.83. The summed E-state index contributed by atoms with van der Waals surface area (Å²) >= 11 is 0. The van der Waals surface area contributed by atoms with E-state index >= 15 is 0 Å². The van der Waals surface area contributed by atoms with Gasteiger partial charge in [-0.05, 0) is 26.6 Å². The minimum absolute atomic E-state index is 0.436. The Kier molecular flexibility index (Phi) is 3.49. The lowest BCUT2D eigenvalue weighted by Gasteiger charge is -2.19. The van der Waals surface area contributed by atoms with E-state index in [9.17, 15) is 4.57 Å². The van der Waals surface area contributed by atoms with Gasteiger partial charge in [-0.2, -0.15) is 4.67 Å². The summed E-state index contributed by atoms with van der Waals surface area (Å²) in [6, 6.07) is 0. The minimum Gasteiger partial charge on any atom is -0.286 e. The van der Waals surface area contributed by atoms with Gasteiger partial charge in [-0.15, -0.1) is 0 Å². The maximum Gasteiger partial charge on any atom is 0.253 e. The molecule has 0 aliphatic heterocycles. The van der Waals surface area contributed by atoms with E-state index in [4.69, 9.17) is 4.89 Å². The molecule has 0 amide bonds. The van der Waals surface area contributed by atoms with E-state index in [-0.39, 0.29) is 0 Å². The van der Waals surface area contributed by atoms with Gasteiger partial charge >= 0.3 is 0 Å². The number of hydrogen-bond acceptors (Lipinski definition) is 3. The number of hydrogen-bond donors (Lipinski definition) is 0. The van der Waals surface area contributed by atoms with Crippen LogP contribution in [0.3, 0.4) is 0 Å². The smallest absolute Gasteiger partial charge is 0.253 e. The molecule has 0 aromatic heterocycles. The zero-order chi connectivity index (χ0) is 9.12. The molecule has 0 spiro atoms. The predicted molar refractivity (Wildman–Crippen MR) is 45.7 cm³/mol. The van der Waals surface area contributed by atoms with Crippen LogP contribution in [0.2, 0.25) is 0 Å². The zero-order valence-corrected chi connectivity index (χ0v) is 8.35. The third kappa shape index (κ3) is 6.29. The van der Waals surface area contributed by atoms with Gasteiger partial charge in [0.15, 0.2) is 0 Å². The average molecular weight is 178 g/mol. The topological polar surface area (TPSA) is 35.5 Å². The van der Waals surface area contributed by atoms with Crippen molar-refractivity contribution in [3.63, 3.8) is 0 Å². The maximum atomic E-state index is 11.2. The lowest BCUT2D eigenvalue weighted by molar-refractivity contribution is -0.272. The molecule has 0 N–H and O–H groups in total. The molecule has 0 aromatic rings. The molecule has 0 saturated heterocycles. The molecule has 0 heterocycles. The van der Waals surface area contributed by atoms with Crippen LogP contribution in [-0.2, 0) is 14.1 Å². The fourth-order valence-electron chi connectivity index (χ4n) is 0.216. The molecule has 11 heavy (non-hydrogen) atoms. The SMILES string of the molecule is C=CP(C)(=O)OOC(C)(C)C. The molecule has 0 fully saturated rings. The van der Waals surface area contributed by atoms with Crippen molar-refractivity contribution >= 4 is 7.37 Å². The third-order valence-electron chi connectivity index (χ3n) is 0.767. The van der Waals surface area contributed by atoms with Crippen molar-refractivity contribution in [3.8, 4) is 0 Å². The van der Waals surface area contributed by atoms with Gasteiger partial charge in [-0.1, -0.05) is 6.58 Å². The van der Waals surface area contributed by atoms with Gasteiger partial charge in [-0.3, -0.25) is 4.57 Å². The highest BCUT2D eigenvalue weighted by molar-refractivity contribution is 7.61. The summed E-state index contributed by atoms with van der Waals surface area (Å²) in [7, 11) is -2.73. The van der Waals surface area contributed by atoms with Gasteiger partial charge < -0.3 is 0 Å². The lowest BCUT2D eigenvalue weighted by Crippen LogP contribution is -2.18. The van der Waals surface area contributed by atoms with Gasteiger partial charge in [-0.25, -0.2) is 4.89 Å². The van der Waals surface area contributed by atoms with E-state index in [2.05, 4.69) is 11.3 Å². The molecule has 3 nitrogen and oxygen atoms in total. The summed E-state index contributed by atoms with van der Waals surface area (Å²) in [5, 5.41) is 0. The minimum atomic E-state index is -2.73. The Morgan fingerprint density at radius 2 is 1.91 bits per heavy atom. The Hall–Kier alpha value is -0.110. The Bertz CT molecular complexity index is 181. The molecule has 0 rings (SSSR count). The summed E-state index contributed by atoms with van der Waals surface area (Å²) in [5.41, 5.74) is -0.436. The molecule has 4 heteroatoms. The second kappa shape index (κ2) is 3.53. The van der Waals surface area contributed by atoms with E-state index in [1.54, 1.807) is 0 Å². The summed E-state index contributed by atoms with van der Waals surface area (Å²) in [6.07, 6.45) is 0. The molecule has 1 unspecified atom stereocenters. The monoisotopic (exact) mass is 178 g/mol. The largest absolute Gasteiger partial charge is 0.286 e. The van der Waals surface area contributed by atoms with Crippen LogP contribution in [0.5, 0.6) is 0 Å². The Labute approximate surface area is 67.8 Å². The van der Waals surface area contributed by atoms with Crippen LogP contribution < -0.4 is 0 Å². The molecule has 0 aliphatic carbocycles. The van der Waals surface area contributed by atoms with E-state index in [1.165, 1.54) is 12.5 Å². The highest BCUT2D eigenvalue weighted by Crippen LogP contribution is 2.44. The summed E-state index contributed by atoms with van der Waals surface area (Å²) in [4.78, 5) is 4.85. The highest BCUT2D eigenvalue weighted by Gasteiger charge is 2.18. The first-order valence-corrected chi connectivity index (χ1v) is 5.49. The van der Waals surface area contributed by atoms with Gasteiger partial charge in [0.05, 0.1) is 5.60 Å². The normalized spacial score (nSPS) is 17.5. The summed E-state index contributed by atoms with van der Waals surface area (Å²) in [6.45, 7) is 10.3. The van der Waals surface area contributed by atoms with Crippen LogP contribution in [0.15, 0.2) is 12.4 Å². The van der Waals surface area contributed by atoms with Crippen molar-refractivity contribution in [1.29, 1.82) is 0 Å². The third-order valence-corrected chi connectivity index (χ3v) is 1.80. The van der Waals surface area contributed by atoms with E-state index < -0.39 is 13.0 Å². The Balaban J connectivity index is 3.90. The van der Waals surface area contributed by atoms with Crippen molar-refractivity contribution in [3.05, 3.63) is 12.4 Å². The molecule has 0 bridgehead atoms. The molecule has 66 valence electrons. The first-order chi connectivity index (χ1) is 4.77. The fraction of sp³-hybridized carbons (Fsp3) is 0.714. The van der Waals surface area contributed by atoms with Crippen molar-refractivity contribution in [1.82, 2.24) is 0 Å². The Morgan fingerprint density at radius 1 is 1.45 bits per heavy atom. The molecule has 0 saturated carbocycles. The van der Waals surface area contributed by atoms with Crippen LogP contribution in [0.1, 0.15) is 20.8 Å². The quantitative estimate of drug-likeness (QED) is 0.378. The van der Waals surface area contributed by atoms with Gasteiger partial charge in [0.2, 0.25) is 0 Å². The van der Waals surface area contributed by atoms with Crippen LogP contribution >= 0.6 is 7.37 Å². The highest BCUT2D eigenvalue weighted by atomic mass is 31.2. The predicted octanol–water partition coefficient (Wildman–Crippen LogP) is 2.78. The number of rotatable bonds is 3. The molecule has 0 aliphatic rings. The second-order valence-corrected chi connectivity index (χ2v) is 5.69. The molecular weight excluding hydrogens is 163 g/mol. The van der Waals surface area contributed by atoms with Crippen molar-refractivity contribution < 1.29 is 14.1 Å². The van der Waals surface area contributed by atoms with Crippen molar-refractivity contribution in [2.75, 3.05) is 6.66 Å². The van der Waals surface area contributed by atoms with Crippen LogP contribution in [0.4, 0.5) is 0 Å². The van der Waals surface area contributed by atoms with Gasteiger partial charge in [0.1, 0.15) is 0 Å². The first-order valence-electron chi connectivity index (χ1n) is 3.35.